The zero-order valence-electron chi connectivity index (χ0n) is 15.3. The molecule has 5 rings (SSSR count). The van der Waals surface area contributed by atoms with E-state index in [0.717, 1.165) is 28.3 Å². The second kappa shape index (κ2) is 6.53. The number of hydrogen-bond acceptors (Lipinski definition) is 7. The van der Waals surface area contributed by atoms with Gasteiger partial charge in [-0.25, -0.2) is 15.0 Å². The molecule has 0 fully saturated rings. The lowest BCUT2D eigenvalue weighted by atomic mass is 9.96. The molecule has 28 heavy (non-hydrogen) atoms. The van der Waals surface area contributed by atoms with Crippen LogP contribution in [0.1, 0.15) is 29.2 Å². The van der Waals surface area contributed by atoms with E-state index in [1.165, 1.54) is 11.9 Å². The van der Waals surface area contributed by atoms with Crippen molar-refractivity contribution in [2.24, 2.45) is 4.99 Å². The monoisotopic (exact) mass is 373 g/mol. The third-order valence-corrected chi connectivity index (χ3v) is 4.99. The fourth-order valence-corrected chi connectivity index (χ4v) is 3.46. The molecular weight excluding hydrogens is 354 g/mol. The van der Waals surface area contributed by atoms with E-state index >= 15 is 0 Å². The van der Waals surface area contributed by atoms with Gasteiger partial charge in [0.25, 0.3) is 0 Å². The molecule has 1 unspecified atom stereocenters. The van der Waals surface area contributed by atoms with Crippen LogP contribution >= 0.6 is 0 Å². The molecule has 140 valence electrons. The highest BCUT2D eigenvalue weighted by molar-refractivity contribution is 6.05. The Kier molecular flexibility index (Phi) is 3.86. The Hall–Kier alpha value is -3.61. The first-order valence-corrected chi connectivity index (χ1v) is 9.08. The summed E-state index contributed by atoms with van der Waals surface area (Å²) in [4.78, 5) is 13.3. The van der Waals surface area contributed by atoms with Crippen LogP contribution in [0.15, 0.2) is 53.8 Å². The number of rotatable bonds is 2. The molecule has 1 atom stereocenters. The average Bonchev–Trinajstić information content (AvgIpc) is 3.08. The quantitative estimate of drug-likeness (QED) is 0.710. The molecule has 0 amide bonds. The van der Waals surface area contributed by atoms with Gasteiger partial charge in [-0.1, -0.05) is 29.8 Å². The lowest BCUT2D eigenvalue weighted by molar-refractivity contribution is 0.174. The first-order chi connectivity index (χ1) is 13.7. The number of nitrogens with zero attached hydrogens (tertiary/aromatic N) is 3. The SMILES string of the molecule is Cc1ccc(C2CC(c3ccc4c(c3)OCO4)=Nc3c(N)ncnc3N2)cc1. The molecule has 1 aromatic heterocycles. The Balaban J connectivity index is 1.61. The summed E-state index contributed by atoms with van der Waals surface area (Å²) in [7, 11) is 0. The van der Waals surface area contributed by atoms with Gasteiger partial charge in [0.05, 0.1) is 11.8 Å². The van der Waals surface area contributed by atoms with Gasteiger partial charge >= 0.3 is 0 Å². The molecule has 2 aliphatic heterocycles. The Morgan fingerprint density at radius 1 is 1.04 bits per heavy atom. The third kappa shape index (κ3) is 2.90. The van der Waals surface area contributed by atoms with Crippen molar-refractivity contribution in [2.75, 3.05) is 17.8 Å². The smallest absolute Gasteiger partial charge is 0.231 e. The summed E-state index contributed by atoms with van der Waals surface area (Å²) < 4.78 is 11.0. The highest BCUT2D eigenvalue weighted by Crippen LogP contribution is 2.38. The number of fused-ring (bicyclic) bond motifs is 2. The van der Waals surface area contributed by atoms with Gasteiger partial charge in [0.1, 0.15) is 12.0 Å². The van der Waals surface area contributed by atoms with Gasteiger partial charge in [-0.2, -0.15) is 0 Å². The van der Waals surface area contributed by atoms with Gasteiger partial charge in [0.15, 0.2) is 23.1 Å². The predicted molar refractivity (Wildman–Crippen MR) is 107 cm³/mol. The Morgan fingerprint density at radius 2 is 1.86 bits per heavy atom. The van der Waals surface area contributed by atoms with Gasteiger partial charge in [-0.15, -0.1) is 0 Å². The van der Waals surface area contributed by atoms with Crippen molar-refractivity contribution in [3.8, 4) is 11.5 Å². The fourth-order valence-electron chi connectivity index (χ4n) is 3.46. The Morgan fingerprint density at radius 3 is 2.71 bits per heavy atom. The lowest BCUT2D eigenvalue weighted by Gasteiger charge is -2.19. The van der Waals surface area contributed by atoms with Crippen LogP contribution < -0.4 is 20.5 Å². The average molecular weight is 373 g/mol. The van der Waals surface area contributed by atoms with Crippen LogP contribution in [0.5, 0.6) is 11.5 Å². The maximum atomic E-state index is 6.10. The minimum absolute atomic E-state index is 0.000299. The summed E-state index contributed by atoms with van der Waals surface area (Å²) >= 11 is 0. The van der Waals surface area contributed by atoms with E-state index in [1.54, 1.807) is 0 Å². The fraction of sp³-hybridized carbons (Fsp3) is 0.190. The molecule has 0 spiro atoms. The lowest BCUT2D eigenvalue weighted by Crippen LogP contribution is -2.15. The third-order valence-electron chi connectivity index (χ3n) is 4.99. The summed E-state index contributed by atoms with van der Waals surface area (Å²) in [5, 5.41) is 3.49. The minimum atomic E-state index is 0.000299. The molecule has 0 saturated heterocycles. The largest absolute Gasteiger partial charge is 0.454 e. The second-order valence-electron chi connectivity index (χ2n) is 6.89. The summed E-state index contributed by atoms with van der Waals surface area (Å²) in [5.74, 6) is 2.45. The molecule has 0 radical (unpaired) electrons. The molecule has 2 aliphatic rings. The first kappa shape index (κ1) is 16.6. The van der Waals surface area contributed by atoms with Gasteiger partial charge in [0.2, 0.25) is 6.79 Å². The zero-order chi connectivity index (χ0) is 19.1. The number of aliphatic imine (C=N–C) groups is 1. The molecular formula is C21H19N5O2. The molecule has 0 aliphatic carbocycles. The van der Waals surface area contributed by atoms with Crippen molar-refractivity contribution in [1.29, 1.82) is 0 Å². The number of nitrogens with two attached hydrogens (primary N) is 1. The zero-order valence-corrected chi connectivity index (χ0v) is 15.3. The molecule has 7 heteroatoms. The number of anilines is 2. The van der Waals surface area contributed by atoms with E-state index in [0.29, 0.717) is 23.7 Å². The van der Waals surface area contributed by atoms with Crippen LogP contribution in [-0.4, -0.2) is 22.5 Å². The standard InChI is InChI=1S/C21H19N5O2/c1-12-2-4-13(5-3-12)15-9-16(14-6-7-17-18(8-14)28-11-27-17)25-19-20(22)23-10-24-21(19)26-15/h2-8,10,15H,9,11H2,1H3,(H3,22,23,24,26). The summed E-state index contributed by atoms with van der Waals surface area (Å²) in [5.41, 5.74) is 10.9. The van der Waals surface area contributed by atoms with Crippen molar-refractivity contribution >= 4 is 23.0 Å². The molecule has 3 N–H and O–H groups in total. The molecule has 3 aromatic rings. The number of hydrogen-bond donors (Lipinski definition) is 2. The highest BCUT2D eigenvalue weighted by atomic mass is 16.7. The number of aryl methyl sites for hydroxylation is 1. The van der Waals surface area contributed by atoms with Gasteiger partial charge in [-0.3, -0.25) is 0 Å². The Labute approximate surface area is 162 Å². The van der Waals surface area contributed by atoms with E-state index in [1.807, 2.05) is 18.2 Å². The van der Waals surface area contributed by atoms with Crippen molar-refractivity contribution < 1.29 is 9.47 Å². The number of nitrogen functional groups attached to an aromatic ring is 1. The van der Waals surface area contributed by atoms with E-state index in [9.17, 15) is 0 Å². The normalized spacial score (nSPS) is 17.3. The number of aromatic nitrogens is 2. The number of benzene rings is 2. The van der Waals surface area contributed by atoms with Crippen molar-refractivity contribution in [2.45, 2.75) is 19.4 Å². The second-order valence-corrected chi connectivity index (χ2v) is 6.89. The Bertz CT molecular complexity index is 1080. The van der Waals surface area contributed by atoms with Crippen molar-refractivity contribution in [1.82, 2.24) is 9.97 Å². The maximum Gasteiger partial charge on any atom is 0.231 e. The van der Waals surface area contributed by atoms with E-state index in [-0.39, 0.29) is 12.8 Å². The van der Waals surface area contributed by atoms with Crippen LogP contribution in [0.25, 0.3) is 0 Å². The predicted octanol–water partition coefficient (Wildman–Crippen LogP) is 3.77. The van der Waals surface area contributed by atoms with Gasteiger partial charge in [-0.05, 0) is 36.2 Å². The molecule has 7 nitrogen and oxygen atoms in total. The van der Waals surface area contributed by atoms with Crippen LogP contribution in [0.3, 0.4) is 0 Å². The maximum absolute atomic E-state index is 6.10. The first-order valence-electron chi connectivity index (χ1n) is 9.08. The summed E-state index contributed by atoms with van der Waals surface area (Å²) in [6.45, 7) is 2.31. The van der Waals surface area contributed by atoms with E-state index < -0.39 is 0 Å². The van der Waals surface area contributed by atoms with Crippen molar-refractivity contribution in [3.63, 3.8) is 0 Å². The van der Waals surface area contributed by atoms with Crippen molar-refractivity contribution in [3.05, 3.63) is 65.5 Å². The summed E-state index contributed by atoms with van der Waals surface area (Å²) in [6, 6.07) is 14.3. The molecule has 0 saturated carbocycles. The molecule has 0 bridgehead atoms. The minimum Gasteiger partial charge on any atom is -0.454 e. The topological polar surface area (TPSA) is 94.7 Å². The van der Waals surface area contributed by atoms with Crippen LogP contribution in [0.4, 0.5) is 17.3 Å². The van der Waals surface area contributed by atoms with Crippen LogP contribution in [-0.2, 0) is 0 Å². The van der Waals surface area contributed by atoms with E-state index in [2.05, 4.69) is 46.5 Å². The van der Waals surface area contributed by atoms with Gasteiger partial charge in [0, 0.05) is 6.42 Å². The van der Waals surface area contributed by atoms with E-state index in [4.69, 9.17) is 20.2 Å². The van der Waals surface area contributed by atoms with Crippen LogP contribution in [0, 0.1) is 6.92 Å². The summed E-state index contributed by atoms with van der Waals surface area (Å²) in [6.07, 6.45) is 2.12. The number of ether oxygens (including phenoxy) is 2. The van der Waals surface area contributed by atoms with Crippen LogP contribution in [0.2, 0.25) is 0 Å². The molecule has 3 heterocycles. The highest BCUT2D eigenvalue weighted by Gasteiger charge is 2.24. The number of nitrogens with one attached hydrogen (secondary N) is 1. The molecule has 2 aromatic carbocycles. The van der Waals surface area contributed by atoms with Gasteiger partial charge < -0.3 is 20.5 Å².